The number of likely N-dealkylation sites (N-methyl/N-ethyl adjacent to an activating group) is 1. The zero-order chi connectivity index (χ0) is 13.3. The van der Waals surface area contributed by atoms with Crippen molar-refractivity contribution in [3.63, 3.8) is 0 Å². The van der Waals surface area contributed by atoms with Crippen molar-refractivity contribution in [1.29, 1.82) is 0 Å². The first-order chi connectivity index (χ1) is 8.04. The van der Waals surface area contributed by atoms with Crippen molar-refractivity contribution < 1.29 is 14.3 Å². The van der Waals surface area contributed by atoms with Gasteiger partial charge in [0, 0.05) is 19.5 Å². The van der Waals surface area contributed by atoms with Crippen LogP contribution in [-0.4, -0.2) is 62.0 Å². The largest absolute Gasteiger partial charge is 0.468 e. The summed E-state index contributed by atoms with van der Waals surface area (Å²) in [5.41, 5.74) is 0. The van der Waals surface area contributed by atoms with E-state index in [9.17, 15) is 9.59 Å². The van der Waals surface area contributed by atoms with Gasteiger partial charge in [-0.1, -0.05) is 0 Å². The number of carbonyl (C=O) groups is 2. The lowest BCUT2D eigenvalue weighted by molar-refractivity contribution is -0.141. The van der Waals surface area contributed by atoms with E-state index in [1.54, 1.807) is 0 Å². The van der Waals surface area contributed by atoms with Gasteiger partial charge in [0.05, 0.1) is 13.7 Å². The molecule has 0 radical (unpaired) electrons. The minimum absolute atomic E-state index is 0.182. The highest BCUT2D eigenvalue weighted by Crippen LogP contribution is 1.99. The Labute approximate surface area is 104 Å². The summed E-state index contributed by atoms with van der Waals surface area (Å²) in [6, 6.07) is 0. The van der Waals surface area contributed by atoms with Gasteiger partial charge in [-0.2, -0.15) is 0 Å². The summed E-state index contributed by atoms with van der Waals surface area (Å²) in [4.78, 5) is 26.3. The van der Waals surface area contributed by atoms with Crippen LogP contribution in [0.2, 0.25) is 0 Å². The highest BCUT2D eigenvalue weighted by Gasteiger charge is 2.10. The lowest BCUT2D eigenvalue weighted by atomic mass is 10.2. The molecule has 100 valence electrons. The molecule has 1 amide bonds. The Balaban J connectivity index is 3.75. The Morgan fingerprint density at radius 2 is 1.76 bits per heavy atom. The number of methoxy groups -OCH3 is 1. The summed E-state index contributed by atoms with van der Waals surface area (Å²) in [5.74, 6) is -0.0657. The summed E-state index contributed by atoms with van der Waals surface area (Å²) in [6.07, 6.45) is 1.30. The number of hydrogen-bond acceptors (Lipinski definition) is 4. The Hall–Kier alpha value is -1.10. The molecule has 0 N–H and O–H groups in total. The Bertz CT molecular complexity index is 240. The van der Waals surface area contributed by atoms with E-state index in [1.807, 2.05) is 30.7 Å². The number of esters is 1. The molecule has 0 aromatic carbocycles. The summed E-state index contributed by atoms with van der Waals surface area (Å²) in [5, 5.41) is 0. The molecular weight excluding hydrogens is 220 g/mol. The van der Waals surface area contributed by atoms with Gasteiger partial charge >= 0.3 is 5.97 Å². The predicted octanol–water partition coefficient (Wildman–Crippen LogP) is 0.740. The minimum atomic E-state index is -0.248. The van der Waals surface area contributed by atoms with Gasteiger partial charge in [0.1, 0.15) is 0 Å². The van der Waals surface area contributed by atoms with E-state index in [0.717, 1.165) is 26.1 Å². The van der Waals surface area contributed by atoms with Crippen LogP contribution in [0.4, 0.5) is 0 Å². The molecule has 0 aliphatic rings. The fraction of sp³-hybridized carbons (Fsp3) is 0.833. The first kappa shape index (κ1) is 15.9. The van der Waals surface area contributed by atoms with Crippen LogP contribution in [0.5, 0.6) is 0 Å². The van der Waals surface area contributed by atoms with Gasteiger partial charge in [0.15, 0.2) is 0 Å². The summed E-state index contributed by atoms with van der Waals surface area (Å²) in [6.45, 7) is 6.47. The van der Waals surface area contributed by atoms with Crippen molar-refractivity contribution in [3.8, 4) is 0 Å². The van der Waals surface area contributed by atoms with Gasteiger partial charge in [-0.15, -0.1) is 0 Å². The van der Waals surface area contributed by atoms with Crippen LogP contribution < -0.4 is 0 Å². The smallest absolute Gasteiger partial charge is 0.319 e. The van der Waals surface area contributed by atoms with E-state index in [-0.39, 0.29) is 18.4 Å². The molecule has 0 atom stereocenters. The van der Waals surface area contributed by atoms with E-state index in [4.69, 9.17) is 0 Å². The summed E-state index contributed by atoms with van der Waals surface area (Å²) >= 11 is 0. The molecule has 5 heteroatoms. The van der Waals surface area contributed by atoms with Gasteiger partial charge in [0.25, 0.3) is 0 Å². The molecule has 17 heavy (non-hydrogen) atoms. The molecule has 0 heterocycles. The highest BCUT2D eigenvalue weighted by molar-refractivity contribution is 5.76. The van der Waals surface area contributed by atoms with Crippen molar-refractivity contribution in [1.82, 2.24) is 9.80 Å². The van der Waals surface area contributed by atoms with E-state index in [2.05, 4.69) is 4.74 Å². The average molecular weight is 244 g/mol. The summed E-state index contributed by atoms with van der Waals surface area (Å²) in [7, 11) is 3.22. The summed E-state index contributed by atoms with van der Waals surface area (Å²) < 4.78 is 4.57. The topological polar surface area (TPSA) is 49.9 Å². The molecule has 0 spiro atoms. The maximum Gasteiger partial charge on any atom is 0.319 e. The van der Waals surface area contributed by atoms with Crippen LogP contribution in [0.25, 0.3) is 0 Å². The number of rotatable bonds is 8. The normalized spacial score (nSPS) is 10.4. The van der Waals surface area contributed by atoms with Gasteiger partial charge in [-0.3, -0.25) is 14.5 Å². The van der Waals surface area contributed by atoms with Crippen molar-refractivity contribution in [2.75, 3.05) is 40.3 Å². The molecule has 0 rings (SSSR count). The van der Waals surface area contributed by atoms with Crippen LogP contribution in [0.3, 0.4) is 0 Å². The van der Waals surface area contributed by atoms with Crippen molar-refractivity contribution in [2.24, 2.45) is 0 Å². The molecule has 0 fully saturated rings. The molecule has 0 unspecified atom stereocenters. The number of hydrogen-bond donors (Lipinski definition) is 0. The second-order valence-corrected chi connectivity index (χ2v) is 3.98. The quantitative estimate of drug-likeness (QED) is 0.591. The number of nitrogens with zero attached hydrogens (tertiary/aromatic N) is 2. The molecule has 0 aliphatic carbocycles. The third-order valence-electron chi connectivity index (χ3n) is 2.67. The SMILES string of the molecule is CCN(CC)C(=O)CCCN(C)CC(=O)OC. The minimum Gasteiger partial charge on any atom is -0.468 e. The lowest BCUT2D eigenvalue weighted by Gasteiger charge is -2.19. The Kier molecular flexibility index (Phi) is 8.40. The van der Waals surface area contributed by atoms with Crippen LogP contribution in [0.15, 0.2) is 0 Å². The lowest BCUT2D eigenvalue weighted by Crippen LogP contribution is -2.32. The van der Waals surface area contributed by atoms with Crippen molar-refractivity contribution in [3.05, 3.63) is 0 Å². The zero-order valence-electron chi connectivity index (χ0n) is 11.4. The van der Waals surface area contributed by atoms with Crippen molar-refractivity contribution in [2.45, 2.75) is 26.7 Å². The Morgan fingerprint density at radius 1 is 1.18 bits per heavy atom. The number of amides is 1. The molecule has 0 saturated heterocycles. The maximum atomic E-state index is 11.7. The standard InChI is InChI=1S/C12H24N2O3/c1-5-14(6-2)11(15)8-7-9-13(3)10-12(16)17-4/h5-10H2,1-4H3. The third-order valence-corrected chi connectivity index (χ3v) is 2.67. The van der Waals surface area contributed by atoms with Crippen molar-refractivity contribution >= 4 is 11.9 Å². The molecule has 0 aromatic heterocycles. The zero-order valence-corrected chi connectivity index (χ0v) is 11.4. The maximum absolute atomic E-state index is 11.7. The van der Waals surface area contributed by atoms with E-state index >= 15 is 0 Å². The van der Waals surface area contributed by atoms with Crippen LogP contribution in [0.1, 0.15) is 26.7 Å². The van der Waals surface area contributed by atoms with Gasteiger partial charge < -0.3 is 9.64 Å². The average Bonchev–Trinajstić information content (AvgIpc) is 2.30. The molecule has 5 nitrogen and oxygen atoms in total. The number of carbonyl (C=O) groups excluding carboxylic acids is 2. The highest BCUT2D eigenvalue weighted by atomic mass is 16.5. The number of ether oxygens (including phenoxy) is 1. The van der Waals surface area contributed by atoms with Gasteiger partial charge in [-0.05, 0) is 33.9 Å². The predicted molar refractivity (Wildman–Crippen MR) is 66.7 cm³/mol. The van der Waals surface area contributed by atoms with Crippen LogP contribution in [-0.2, 0) is 14.3 Å². The van der Waals surface area contributed by atoms with Gasteiger partial charge in [0.2, 0.25) is 5.91 Å². The van der Waals surface area contributed by atoms with E-state index in [1.165, 1.54) is 7.11 Å². The molecule has 0 aromatic rings. The fourth-order valence-corrected chi connectivity index (χ4v) is 1.60. The molecule has 0 bridgehead atoms. The fourth-order valence-electron chi connectivity index (χ4n) is 1.60. The van der Waals surface area contributed by atoms with E-state index < -0.39 is 0 Å². The first-order valence-electron chi connectivity index (χ1n) is 6.08. The van der Waals surface area contributed by atoms with Crippen LogP contribution in [0, 0.1) is 0 Å². The second kappa shape index (κ2) is 8.98. The molecule has 0 aliphatic heterocycles. The van der Waals surface area contributed by atoms with Crippen LogP contribution >= 0.6 is 0 Å². The second-order valence-electron chi connectivity index (χ2n) is 3.98. The molecule has 0 saturated carbocycles. The molecular formula is C12H24N2O3. The first-order valence-corrected chi connectivity index (χ1v) is 6.08. The monoisotopic (exact) mass is 244 g/mol. The third kappa shape index (κ3) is 6.94. The van der Waals surface area contributed by atoms with Gasteiger partial charge in [-0.25, -0.2) is 0 Å². The van der Waals surface area contributed by atoms with E-state index in [0.29, 0.717) is 6.42 Å². The Morgan fingerprint density at radius 3 is 2.24 bits per heavy atom.